The number of ether oxygens (including phenoxy) is 1. The number of furan rings is 1. The van der Waals surface area contributed by atoms with Crippen molar-refractivity contribution >= 4 is 23.1 Å². The number of carbonyl (C=O) groups is 2. The molecule has 1 aliphatic rings. The maximum atomic E-state index is 13.3. The summed E-state index contributed by atoms with van der Waals surface area (Å²) in [5, 5.41) is 11.4. The van der Waals surface area contributed by atoms with Gasteiger partial charge in [0, 0.05) is 25.3 Å². The van der Waals surface area contributed by atoms with Crippen molar-refractivity contribution in [2.75, 3.05) is 19.0 Å². The van der Waals surface area contributed by atoms with Crippen molar-refractivity contribution < 1.29 is 23.8 Å². The molecule has 1 atom stereocenters. The second kappa shape index (κ2) is 10.9. The summed E-state index contributed by atoms with van der Waals surface area (Å²) in [5.74, 6) is -0.487. The summed E-state index contributed by atoms with van der Waals surface area (Å²) in [6, 6.07) is 25.2. The van der Waals surface area contributed by atoms with Gasteiger partial charge in [-0.05, 0) is 66.6 Å². The van der Waals surface area contributed by atoms with E-state index in [1.54, 1.807) is 36.4 Å². The first kappa shape index (κ1) is 25.9. The molecule has 1 saturated heterocycles. The van der Waals surface area contributed by atoms with Crippen LogP contribution in [0.2, 0.25) is 0 Å². The number of benzene rings is 3. The summed E-state index contributed by atoms with van der Waals surface area (Å²) >= 11 is 0. The molecule has 1 fully saturated rings. The minimum atomic E-state index is -0.774. The van der Waals surface area contributed by atoms with Crippen molar-refractivity contribution in [1.29, 1.82) is 0 Å². The Morgan fingerprint density at radius 1 is 0.974 bits per heavy atom. The number of aliphatic hydroxyl groups is 1. The molecular weight excluding hydrogens is 492 g/mol. The standard InChI is InChI=1S/C32H30N2O5/c1-21-6-4-7-22(18-21)20-39-26-15-11-24(12-16-26)30(35)28-29(23-9-13-25(14-10-23)33(2)3)34(32(37)31(28)36)19-27-8-5-17-38-27/h4-18,29,35H,19-20H2,1-3H3/t29-/m1/s1. The van der Waals surface area contributed by atoms with Crippen molar-refractivity contribution in [1.82, 2.24) is 4.90 Å². The van der Waals surface area contributed by atoms with E-state index in [0.29, 0.717) is 29.2 Å². The van der Waals surface area contributed by atoms with Crippen LogP contribution in [-0.2, 0) is 22.7 Å². The second-order valence-corrected chi connectivity index (χ2v) is 9.79. The van der Waals surface area contributed by atoms with Crippen LogP contribution in [0.1, 0.15) is 34.1 Å². The number of carbonyl (C=O) groups excluding carboxylic acids is 2. The first-order valence-corrected chi connectivity index (χ1v) is 12.7. The van der Waals surface area contributed by atoms with Gasteiger partial charge in [0.15, 0.2) is 0 Å². The molecule has 4 aromatic rings. The van der Waals surface area contributed by atoms with Gasteiger partial charge in [-0.2, -0.15) is 0 Å². The summed E-state index contributed by atoms with van der Waals surface area (Å²) in [5.41, 5.74) is 4.36. The van der Waals surface area contributed by atoms with Gasteiger partial charge in [-0.1, -0.05) is 42.0 Å². The highest BCUT2D eigenvalue weighted by Crippen LogP contribution is 2.41. The molecular formula is C32H30N2O5. The summed E-state index contributed by atoms with van der Waals surface area (Å²) in [6.07, 6.45) is 1.52. The molecule has 0 radical (unpaired) electrons. The van der Waals surface area contributed by atoms with Crippen molar-refractivity contribution in [3.8, 4) is 5.75 Å². The van der Waals surface area contributed by atoms with Gasteiger partial charge in [-0.3, -0.25) is 9.59 Å². The van der Waals surface area contributed by atoms with Crippen LogP contribution in [0.5, 0.6) is 5.75 Å². The molecule has 7 nitrogen and oxygen atoms in total. The van der Waals surface area contributed by atoms with Gasteiger partial charge in [0.25, 0.3) is 11.7 Å². The Bertz CT molecular complexity index is 1500. The van der Waals surface area contributed by atoms with E-state index in [4.69, 9.17) is 9.15 Å². The molecule has 0 unspecified atom stereocenters. The number of anilines is 1. The van der Waals surface area contributed by atoms with Crippen LogP contribution in [0.3, 0.4) is 0 Å². The third kappa shape index (κ3) is 5.43. The fourth-order valence-corrected chi connectivity index (χ4v) is 4.75. The molecule has 198 valence electrons. The normalized spacial score (nSPS) is 16.5. The van der Waals surface area contributed by atoms with E-state index < -0.39 is 17.7 Å². The Hall–Kier alpha value is -4.78. The van der Waals surface area contributed by atoms with Crippen molar-refractivity contribution in [2.24, 2.45) is 0 Å². The highest BCUT2D eigenvalue weighted by Gasteiger charge is 2.46. The van der Waals surface area contributed by atoms with Crippen LogP contribution in [0, 0.1) is 6.92 Å². The smallest absolute Gasteiger partial charge is 0.296 e. The highest BCUT2D eigenvalue weighted by atomic mass is 16.5. The van der Waals surface area contributed by atoms with Crippen LogP contribution in [0.15, 0.2) is 101 Å². The van der Waals surface area contributed by atoms with E-state index in [0.717, 1.165) is 16.8 Å². The van der Waals surface area contributed by atoms with Gasteiger partial charge in [0.05, 0.1) is 24.4 Å². The Kier molecular flexibility index (Phi) is 7.23. The summed E-state index contributed by atoms with van der Waals surface area (Å²) < 4.78 is 11.4. The monoisotopic (exact) mass is 522 g/mol. The van der Waals surface area contributed by atoms with Crippen molar-refractivity contribution in [3.05, 3.63) is 125 Å². The summed E-state index contributed by atoms with van der Waals surface area (Å²) in [6.45, 7) is 2.54. The maximum Gasteiger partial charge on any atom is 0.296 e. The molecule has 1 aromatic heterocycles. The summed E-state index contributed by atoms with van der Waals surface area (Å²) in [7, 11) is 3.87. The zero-order valence-electron chi connectivity index (χ0n) is 22.1. The largest absolute Gasteiger partial charge is 0.507 e. The van der Waals surface area contributed by atoms with Crippen LogP contribution < -0.4 is 9.64 Å². The van der Waals surface area contributed by atoms with E-state index >= 15 is 0 Å². The van der Waals surface area contributed by atoms with E-state index in [1.807, 2.05) is 68.4 Å². The van der Waals surface area contributed by atoms with Crippen LogP contribution in [0.4, 0.5) is 5.69 Å². The van der Waals surface area contributed by atoms with Crippen LogP contribution >= 0.6 is 0 Å². The molecule has 2 heterocycles. The SMILES string of the molecule is Cc1cccc(COc2ccc(C(O)=C3C(=O)C(=O)N(Cc4ccco4)[C@@H]3c3ccc(N(C)C)cc3)cc2)c1. The highest BCUT2D eigenvalue weighted by molar-refractivity contribution is 6.46. The lowest BCUT2D eigenvalue weighted by Crippen LogP contribution is -2.29. The van der Waals surface area contributed by atoms with E-state index in [1.165, 1.54) is 11.2 Å². The Labute approximate surface area is 227 Å². The molecule has 5 rings (SSSR count). The molecule has 0 bridgehead atoms. The number of nitrogens with zero attached hydrogens (tertiary/aromatic N) is 2. The molecule has 39 heavy (non-hydrogen) atoms. The Morgan fingerprint density at radius 3 is 2.36 bits per heavy atom. The molecule has 1 amide bonds. The quantitative estimate of drug-likeness (QED) is 0.177. The number of aliphatic hydroxyl groups excluding tert-OH is 1. The Balaban J connectivity index is 1.47. The fourth-order valence-electron chi connectivity index (χ4n) is 4.75. The number of Topliss-reactive ketones (excluding diaryl/α,β-unsaturated/α-hetero) is 1. The number of hydrogen-bond donors (Lipinski definition) is 1. The summed E-state index contributed by atoms with van der Waals surface area (Å²) in [4.78, 5) is 29.9. The zero-order valence-corrected chi connectivity index (χ0v) is 22.1. The average molecular weight is 523 g/mol. The number of aryl methyl sites for hydroxylation is 1. The lowest BCUT2D eigenvalue weighted by Gasteiger charge is -2.25. The van der Waals surface area contributed by atoms with Gasteiger partial charge < -0.3 is 24.1 Å². The van der Waals surface area contributed by atoms with Gasteiger partial charge in [0.2, 0.25) is 0 Å². The van der Waals surface area contributed by atoms with Gasteiger partial charge >= 0.3 is 0 Å². The molecule has 0 spiro atoms. The van der Waals surface area contributed by atoms with Crippen molar-refractivity contribution in [3.63, 3.8) is 0 Å². The molecule has 1 N–H and O–H groups in total. The number of hydrogen-bond acceptors (Lipinski definition) is 6. The van der Waals surface area contributed by atoms with Crippen molar-refractivity contribution in [2.45, 2.75) is 26.1 Å². The van der Waals surface area contributed by atoms with Crippen LogP contribution in [0.25, 0.3) is 5.76 Å². The van der Waals surface area contributed by atoms with Gasteiger partial charge in [-0.15, -0.1) is 0 Å². The minimum Gasteiger partial charge on any atom is -0.507 e. The number of rotatable bonds is 8. The number of ketones is 1. The Morgan fingerprint density at radius 2 is 1.72 bits per heavy atom. The number of amides is 1. The van der Waals surface area contributed by atoms with Gasteiger partial charge in [-0.25, -0.2) is 0 Å². The number of likely N-dealkylation sites (tertiary alicyclic amines) is 1. The molecule has 0 aliphatic carbocycles. The molecule has 7 heteroatoms. The first-order chi connectivity index (χ1) is 18.8. The zero-order chi connectivity index (χ0) is 27.5. The predicted molar refractivity (Wildman–Crippen MR) is 149 cm³/mol. The third-order valence-electron chi connectivity index (χ3n) is 6.79. The maximum absolute atomic E-state index is 13.3. The molecule has 3 aromatic carbocycles. The lowest BCUT2D eigenvalue weighted by atomic mass is 9.95. The van der Waals surface area contributed by atoms with Crippen LogP contribution in [-0.4, -0.2) is 35.8 Å². The first-order valence-electron chi connectivity index (χ1n) is 12.7. The van der Waals surface area contributed by atoms with E-state index in [-0.39, 0.29) is 17.9 Å². The van der Waals surface area contributed by atoms with E-state index in [2.05, 4.69) is 6.07 Å². The minimum absolute atomic E-state index is 0.0394. The second-order valence-electron chi connectivity index (χ2n) is 9.79. The molecule has 0 saturated carbocycles. The third-order valence-corrected chi connectivity index (χ3v) is 6.79. The topological polar surface area (TPSA) is 83.2 Å². The fraction of sp³-hybridized carbons (Fsp3) is 0.188. The van der Waals surface area contributed by atoms with Gasteiger partial charge in [0.1, 0.15) is 23.9 Å². The molecule has 1 aliphatic heterocycles. The average Bonchev–Trinajstić information content (AvgIpc) is 3.54. The van der Waals surface area contributed by atoms with E-state index in [9.17, 15) is 14.7 Å². The lowest BCUT2D eigenvalue weighted by molar-refractivity contribution is -0.140. The predicted octanol–water partition coefficient (Wildman–Crippen LogP) is 5.85.